The Labute approximate surface area is 150 Å². The van der Waals surface area contributed by atoms with Gasteiger partial charge in [0.05, 0.1) is 22.3 Å². The summed E-state index contributed by atoms with van der Waals surface area (Å²) in [6.45, 7) is 5.69. The Morgan fingerprint density at radius 2 is 1.68 bits per heavy atom. The van der Waals surface area contributed by atoms with E-state index in [1.807, 2.05) is 69.3 Å². The van der Waals surface area contributed by atoms with Gasteiger partial charge in [0.25, 0.3) is 5.56 Å². The number of hydrogen-bond donors (Lipinski definition) is 0. The predicted octanol–water partition coefficient (Wildman–Crippen LogP) is 4.09. The van der Waals surface area contributed by atoms with Gasteiger partial charge >= 0.3 is 0 Å². The summed E-state index contributed by atoms with van der Waals surface area (Å²) >= 11 is 1.31. The molecule has 3 rings (SSSR count). The maximum absolute atomic E-state index is 13.0. The molecule has 0 aliphatic carbocycles. The number of thioether (sulfide) groups is 1. The number of para-hydroxylation sites is 2. The van der Waals surface area contributed by atoms with E-state index in [9.17, 15) is 9.59 Å². The van der Waals surface area contributed by atoms with E-state index in [4.69, 9.17) is 0 Å². The molecule has 0 N–H and O–H groups in total. The van der Waals surface area contributed by atoms with E-state index in [0.717, 1.165) is 5.69 Å². The van der Waals surface area contributed by atoms with Crippen molar-refractivity contribution in [2.24, 2.45) is 5.41 Å². The molecule has 0 unspecified atom stereocenters. The lowest BCUT2D eigenvalue weighted by molar-refractivity contribution is -0.123. The summed E-state index contributed by atoms with van der Waals surface area (Å²) in [5.74, 6) is 0.403. The lowest BCUT2D eigenvalue weighted by Crippen LogP contribution is -2.24. The first-order valence-corrected chi connectivity index (χ1v) is 9.10. The zero-order valence-corrected chi connectivity index (χ0v) is 15.3. The highest BCUT2D eigenvalue weighted by molar-refractivity contribution is 7.99. The number of Topliss-reactive ketones (excluding diaryl/α,β-unsaturated/α-hetero) is 1. The second-order valence-electron chi connectivity index (χ2n) is 6.85. The lowest BCUT2D eigenvalue weighted by Gasteiger charge is -2.17. The maximum atomic E-state index is 13.0. The van der Waals surface area contributed by atoms with Crippen LogP contribution in [0.3, 0.4) is 0 Å². The van der Waals surface area contributed by atoms with Crippen molar-refractivity contribution in [3.63, 3.8) is 0 Å². The molecule has 0 radical (unpaired) electrons. The van der Waals surface area contributed by atoms with Gasteiger partial charge in [-0.2, -0.15) is 0 Å². The van der Waals surface area contributed by atoms with Crippen LogP contribution in [-0.4, -0.2) is 21.1 Å². The summed E-state index contributed by atoms with van der Waals surface area (Å²) in [4.78, 5) is 30.0. The molecule has 25 heavy (non-hydrogen) atoms. The minimum absolute atomic E-state index is 0.123. The third-order valence-electron chi connectivity index (χ3n) is 3.93. The third kappa shape index (κ3) is 3.66. The molecule has 3 aromatic rings. The van der Waals surface area contributed by atoms with Crippen LogP contribution in [0.1, 0.15) is 20.8 Å². The summed E-state index contributed by atoms with van der Waals surface area (Å²) in [6.07, 6.45) is 0. The lowest BCUT2D eigenvalue weighted by atomic mass is 9.92. The molecule has 1 heterocycles. The number of carbonyl (C=O) groups is 1. The van der Waals surface area contributed by atoms with Gasteiger partial charge in [0.1, 0.15) is 5.78 Å². The van der Waals surface area contributed by atoms with Crippen molar-refractivity contribution < 1.29 is 4.79 Å². The summed E-state index contributed by atoms with van der Waals surface area (Å²) < 4.78 is 1.59. The molecule has 4 nitrogen and oxygen atoms in total. The number of rotatable bonds is 4. The van der Waals surface area contributed by atoms with E-state index in [-0.39, 0.29) is 17.1 Å². The van der Waals surface area contributed by atoms with Crippen molar-refractivity contribution in [3.05, 3.63) is 65.0 Å². The van der Waals surface area contributed by atoms with Gasteiger partial charge in [-0.15, -0.1) is 0 Å². The second kappa shape index (κ2) is 6.84. The molecular formula is C20H20N2O2S. The predicted molar refractivity (Wildman–Crippen MR) is 103 cm³/mol. The molecule has 5 heteroatoms. The summed E-state index contributed by atoms with van der Waals surface area (Å²) in [5, 5.41) is 1.10. The second-order valence-corrected chi connectivity index (χ2v) is 7.79. The standard InChI is InChI=1S/C20H20N2O2S/c1-20(2,3)17(23)13-25-19-21-16-12-8-7-11-15(16)18(24)22(19)14-9-5-4-6-10-14/h4-12H,13H2,1-3H3. The molecule has 0 saturated heterocycles. The number of benzene rings is 2. The van der Waals surface area contributed by atoms with Gasteiger partial charge < -0.3 is 0 Å². The van der Waals surface area contributed by atoms with Gasteiger partial charge in [-0.1, -0.05) is 62.9 Å². The average Bonchev–Trinajstić information content (AvgIpc) is 2.59. The fourth-order valence-electron chi connectivity index (χ4n) is 2.36. The Balaban J connectivity index is 2.13. The van der Waals surface area contributed by atoms with Gasteiger partial charge in [-0.3, -0.25) is 14.2 Å². The molecule has 0 amide bonds. The number of nitrogens with zero attached hydrogens (tertiary/aromatic N) is 2. The zero-order valence-electron chi connectivity index (χ0n) is 14.5. The van der Waals surface area contributed by atoms with Crippen molar-refractivity contribution in [2.45, 2.75) is 25.9 Å². The van der Waals surface area contributed by atoms with Crippen LogP contribution < -0.4 is 5.56 Å². The normalized spacial score (nSPS) is 11.6. The van der Waals surface area contributed by atoms with E-state index in [0.29, 0.717) is 16.1 Å². The van der Waals surface area contributed by atoms with E-state index >= 15 is 0 Å². The number of fused-ring (bicyclic) bond motifs is 1. The Morgan fingerprint density at radius 3 is 2.36 bits per heavy atom. The quantitative estimate of drug-likeness (QED) is 0.524. The van der Waals surface area contributed by atoms with E-state index in [2.05, 4.69) is 4.98 Å². The molecule has 0 spiro atoms. The Hall–Kier alpha value is -2.40. The van der Waals surface area contributed by atoms with Crippen LogP contribution in [0.15, 0.2) is 64.5 Å². The molecule has 0 fully saturated rings. The Morgan fingerprint density at radius 1 is 1.04 bits per heavy atom. The van der Waals surface area contributed by atoms with Gasteiger partial charge in [0.2, 0.25) is 0 Å². The van der Waals surface area contributed by atoms with Crippen molar-refractivity contribution in [3.8, 4) is 5.69 Å². The van der Waals surface area contributed by atoms with Crippen LogP contribution in [0.5, 0.6) is 0 Å². The number of ketones is 1. The van der Waals surface area contributed by atoms with Crippen molar-refractivity contribution >= 4 is 28.4 Å². The highest BCUT2D eigenvalue weighted by atomic mass is 32.2. The fourth-order valence-corrected chi connectivity index (χ4v) is 3.53. The average molecular weight is 352 g/mol. The van der Waals surface area contributed by atoms with Crippen molar-refractivity contribution in [1.29, 1.82) is 0 Å². The molecular weight excluding hydrogens is 332 g/mol. The van der Waals surface area contributed by atoms with Crippen LogP contribution >= 0.6 is 11.8 Å². The topological polar surface area (TPSA) is 52.0 Å². The maximum Gasteiger partial charge on any atom is 0.266 e. The molecule has 0 bridgehead atoms. The molecule has 0 aliphatic rings. The van der Waals surface area contributed by atoms with Gasteiger partial charge in [-0.05, 0) is 24.3 Å². The summed E-state index contributed by atoms with van der Waals surface area (Å²) in [6, 6.07) is 16.7. The molecule has 0 saturated carbocycles. The fraction of sp³-hybridized carbons (Fsp3) is 0.250. The van der Waals surface area contributed by atoms with Crippen molar-refractivity contribution in [2.75, 3.05) is 5.75 Å². The van der Waals surface area contributed by atoms with Gasteiger partial charge in [-0.25, -0.2) is 4.98 Å². The van der Waals surface area contributed by atoms with Crippen LogP contribution in [0.25, 0.3) is 16.6 Å². The summed E-state index contributed by atoms with van der Waals surface area (Å²) in [5.41, 5.74) is 0.853. The smallest absolute Gasteiger partial charge is 0.266 e. The monoisotopic (exact) mass is 352 g/mol. The van der Waals surface area contributed by atoms with Crippen LogP contribution in [-0.2, 0) is 4.79 Å². The first kappa shape index (κ1) is 17.4. The van der Waals surface area contributed by atoms with Crippen LogP contribution in [0, 0.1) is 5.41 Å². The minimum atomic E-state index is -0.415. The zero-order chi connectivity index (χ0) is 18.0. The largest absolute Gasteiger partial charge is 0.298 e. The first-order valence-electron chi connectivity index (χ1n) is 8.11. The van der Waals surface area contributed by atoms with Gasteiger partial charge in [0, 0.05) is 5.41 Å². The van der Waals surface area contributed by atoms with Crippen LogP contribution in [0.4, 0.5) is 0 Å². The first-order chi connectivity index (χ1) is 11.9. The molecule has 2 aromatic carbocycles. The van der Waals surface area contributed by atoms with E-state index in [1.54, 1.807) is 10.6 Å². The van der Waals surface area contributed by atoms with Gasteiger partial charge in [0.15, 0.2) is 5.16 Å². The Bertz CT molecular complexity index is 972. The van der Waals surface area contributed by atoms with Crippen LogP contribution in [0.2, 0.25) is 0 Å². The third-order valence-corrected chi connectivity index (χ3v) is 4.87. The Kier molecular flexibility index (Phi) is 4.77. The molecule has 128 valence electrons. The highest BCUT2D eigenvalue weighted by Crippen LogP contribution is 2.24. The highest BCUT2D eigenvalue weighted by Gasteiger charge is 2.22. The van der Waals surface area contributed by atoms with E-state index < -0.39 is 5.41 Å². The van der Waals surface area contributed by atoms with E-state index in [1.165, 1.54) is 11.8 Å². The SMILES string of the molecule is CC(C)(C)C(=O)CSc1nc2ccccc2c(=O)n1-c1ccccc1. The number of carbonyl (C=O) groups excluding carboxylic acids is 1. The number of aromatic nitrogens is 2. The summed E-state index contributed by atoms with van der Waals surface area (Å²) in [7, 11) is 0. The molecule has 0 aliphatic heterocycles. The number of hydrogen-bond acceptors (Lipinski definition) is 4. The minimum Gasteiger partial charge on any atom is -0.298 e. The van der Waals surface area contributed by atoms with Crippen molar-refractivity contribution in [1.82, 2.24) is 9.55 Å². The molecule has 0 atom stereocenters. The molecule has 1 aromatic heterocycles.